The number of aromatic nitrogens is 3. The minimum absolute atomic E-state index is 0.100. The lowest BCUT2D eigenvalue weighted by Gasteiger charge is -2.14. The van der Waals surface area contributed by atoms with Crippen LogP contribution in [-0.2, 0) is 10.5 Å². The van der Waals surface area contributed by atoms with Gasteiger partial charge < -0.3 is 10.5 Å². The molecule has 1 saturated heterocycles. The lowest BCUT2D eigenvalue weighted by atomic mass is 9.96. The van der Waals surface area contributed by atoms with Gasteiger partial charge in [0.05, 0.1) is 17.9 Å². The first-order chi connectivity index (χ1) is 14.7. The second kappa shape index (κ2) is 8.91. The van der Waals surface area contributed by atoms with Gasteiger partial charge >= 0.3 is 0 Å². The fourth-order valence-corrected chi connectivity index (χ4v) is 4.29. The maximum absolute atomic E-state index is 9.89. The molecule has 1 atom stereocenters. The summed E-state index contributed by atoms with van der Waals surface area (Å²) in [6.45, 7) is 1.40. The number of pyridine rings is 3. The number of thioether (sulfide) groups is 1. The van der Waals surface area contributed by atoms with E-state index < -0.39 is 0 Å². The Morgan fingerprint density at radius 3 is 2.63 bits per heavy atom. The molecule has 3 aromatic heterocycles. The van der Waals surface area contributed by atoms with Gasteiger partial charge in [-0.3, -0.25) is 9.97 Å². The lowest BCUT2D eigenvalue weighted by Crippen LogP contribution is -2.05. The SMILES string of the molecule is N#Cc1c(N)nc(SCc2ccccn2)c(C#N)c1-c1ccc(C2CCOC2)nc1. The van der Waals surface area contributed by atoms with Crippen LogP contribution in [0.5, 0.6) is 0 Å². The van der Waals surface area contributed by atoms with Crippen LogP contribution >= 0.6 is 11.8 Å². The Hall–Kier alpha value is -3.46. The van der Waals surface area contributed by atoms with Crippen molar-refractivity contribution in [1.29, 1.82) is 10.5 Å². The Labute approximate surface area is 178 Å². The molecule has 4 heterocycles. The summed E-state index contributed by atoms with van der Waals surface area (Å²) in [5.74, 6) is 0.909. The van der Waals surface area contributed by atoms with E-state index in [1.165, 1.54) is 11.8 Å². The highest BCUT2D eigenvalue weighted by atomic mass is 32.2. The van der Waals surface area contributed by atoms with Crippen molar-refractivity contribution in [2.75, 3.05) is 18.9 Å². The number of nitrogens with zero attached hydrogens (tertiary/aromatic N) is 5. The van der Waals surface area contributed by atoms with Crippen LogP contribution < -0.4 is 5.73 Å². The van der Waals surface area contributed by atoms with Gasteiger partial charge in [0.15, 0.2) is 0 Å². The maximum Gasteiger partial charge on any atom is 0.143 e. The molecule has 0 aliphatic carbocycles. The number of nitriles is 2. The number of nitrogen functional groups attached to an aromatic ring is 1. The van der Waals surface area contributed by atoms with Crippen LogP contribution in [0.1, 0.15) is 34.9 Å². The molecule has 0 amide bonds. The standard InChI is InChI=1S/C22H18N6OS/c23-9-17-20(14-4-5-19(27-11-14)15-6-8-29-12-15)18(10-24)22(28-21(17)25)30-13-16-3-1-2-7-26-16/h1-5,7,11,15H,6,8,12-13H2,(H2,25,28). The maximum atomic E-state index is 9.89. The minimum Gasteiger partial charge on any atom is -0.383 e. The molecule has 30 heavy (non-hydrogen) atoms. The molecule has 8 heteroatoms. The van der Waals surface area contributed by atoms with Gasteiger partial charge in [-0.15, -0.1) is 0 Å². The fourth-order valence-electron chi connectivity index (χ4n) is 3.38. The second-order valence-corrected chi connectivity index (χ2v) is 7.76. The summed E-state index contributed by atoms with van der Waals surface area (Å²) in [6, 6.07) is 13.8. The van der Waals surface area contributed by atoms with Crippen molar-refractivity contribution in [3.8, 4) is 23.3 Å². The van der Waals surface area contributed by atoms with Crippen LogP contribution in [0.2, 0.25) is 0 Å². The van der Waals surface area contributed by atoms with Gasteiger partial charge in [-0.05, 0) is 24.6 Å². The highest BCUT2D eigenvalue weighted by Gasteiger charge is 2.23. The molecule has 0 saturated carbocycles. The summed E-state index contributed by atoms with van der Waals surface area (Å²) in [6.07, 6.45) is 4.35. The Balaban J connectivity index is 1.73. The van der Waals surface area contributed by atoms with Crippen molar-refractivity contribution in [3.63, 3.8) is 0 Å². The highest BCUT2D eigenvalue weighted by Crippen LogP contribution is 2.36. The van der Waals surface area contributed by atoms with E-state index in [0.29, 0.717) is 34.1 Å². The molecule has 0 aromatic carbocycles. The van der Waals surface area contributed by atoms with E-state index in [1.807, 2.05) is 30.3 Å². The Morgan fingerprint density at radius 2 is 2.00 bits per heavy atom. The Morgan fingerprint density at radius 1 is 1.13 bits per heavy atom. The Bertz CT molecular complexity index is 1130. The Kier molecular flexibility index (Phi) is 5.89. The summed E-state index contributed by atoms with van der Waals surface area (Å²) in [4.78, 5) is 13.2. The van der Waals surface area contributed by atoms with Crippen LogP contribution in [-0.4, -0.2) is 28.2 Å². The van der Waals surface area contributed by atoms with Crippen molar-refractivity contribution in [2.24, 2.45) is 0 Å². The normalized spacial score (nSPS) is 15.5. The zero-order chi connectivity index (χ0) is 20.9. The molecule has 148 valence electrons. The molecular formula is C22H18N6OS. The monoisotopic (exact) mass is 414 g/mol. The molecule has 0 spiro atoms. The molecule has 3 aromatic rings. The first kappa shape index (κ1) is 19.8. The molecular weight excluding hydrogens is 396 g/mol. The van der Waals surface area contributed by atoms with Gasteiger partial charge in [0.1, 0.15) is 28.5 Å². The number of hydrogen-bond donors (Lipinski definition) is 1. The zero-order valence-corrected chi connectivity index (χ0v) is 16.9. The van der Waals surface area contributed by atoms with Gasteiger partial charge in [0.25, 0.3) is 0 Å². The van der Waals surface area contributed by atoms with Crippen LogP contribution in [0.3, 0.4) is 0 Å². The topological polar surface area (TPSA) is 122 Å². The van der Waals surface area contributed by atoms with Crippen molar-refractivity contribution < 1.29 is 4.74 Å². The van der Waals surface area contributed by atoms with E-state index in [-0.39, 0.29) is 17.3 Å². The van der Waals surface area contributed by atoms with Gasteiger partial charge in [-0.1, -0.05) is 23.9 Å². The number of nitrogens with two attached hydrogens (primary N) is 1. The van der Waals surface area contributed by atoms with Crippen LogP contribution in [0.4, 0.5) is 5.82 Å². The van der Waals surface area contributed by atoms with Crippen molar-refractivity contribution in [1.82, 2.24) is 15.0 Å². The number of anilines is 1. The molecule has 0 radical (unpaired) electrons. The summed E-state index contributed by atoms with van der Waals surface area (Å²) < 4.78 is 5.44. The van der Waals surface area contributed by atoms with Crippen molar-refractivity contribution in [3.05, 3.63) is 65.2 Å². The molecule has 1 aliphatic rings. The first-order valence-electron chi connectivity index (χ1n) is 9.41. The largest absolute Gasteiger partial charge is 0.383 e. The number of rotatable bonds is 5. The van der Waals surface area contributed by atoms with Crippen molar-refractivity contribution >= 4 is 17.6 Å². The average Bonchev–Trinajstić information content (AvgIpc) is 3.33. The third kappa shape index (κ3) is 3.97. The minimum atomic E-state index is 0.100. The predicted octanol–water partition coefficient (Wildman–Crippen LogP) is 3.66. The molecule has 4 rings (SSSR count). The van der Waals surface area contributed by atoms with E-state index in [1.54, 1.807) is 12.4 Å². The van der Waals surface area contributed by atoms with E-state index in [9.17, 15) is 10.5 Å². The van der Waals surface area contributed by atoms with Gasteiger partial charge in [-0.25, -0.2) is 4.98 Å². The summed E-state index contributed by atoms with van der Waals surface area (Å²) in [5, 5.41) is 20.0. The zero-order valence-electron chi connectivity index (χ0n) is 16.1. The van der Waals surface area contributed by atoms with E-state index in [0.717, 1.165) is 24.4 Å². The number of ether oxygens (including phenoxy) is 1. The van der Waals surface area contributed by atoms with Gasteiger partial charge in [0.2, 0.25) is 0 Å². The summed E-state index contributed by atoms with van der Waals surface area (Å²) >= 11 is 1.37. The molecule has 0 bridgehead atoms. The van der Waals surface area contributed by atoms with Gasteiger partial charge in [0, 0.05) is 47.5 Å². The molecule has 1 unspecified atom stereocenters. The quantitative estimate of drug-likeness (QED) is 0.628. The van der Waals surface area contributed by atoms with Crippen LogP contribution in [0.15, 0.2) is 47.8 Å². The van der Waals surface area contributed by atoms with E-state index in [4.69, 9.17) is 10.5 Å². The van der Waals surface area contributed by atoms with E-state index in [2.05, 4.69) is 27.1 Å². The molecule has 1 fully saturated rings. The summed E-state index contributed by atoms with van der Waals surface area (Å²) in [5.41, 5.74) is 9.53. The highest BCUT2D eigenvalue weighted by molar-refractivity contribution is 7.98. The fraction of sp³-hybridized carbons (Fsp3) is 0.227. The predicted molar refractivity (Wildman–Crippen MR) is 113 cm³/mol. The first-order valence-corrected chi connectivity index (χ1v) is 10.4. The smallest absolute Gasteiger partial charge is 0.143 e. The molecule has 1 aliphatic heterocycles. The average molecular weight is 414 g/mol. The molecule has 7 nitrogen and oxygen atoms in total. The molecule has 2 N–H and O–H groups in total. The van der Waals surface area contributed by atoms with E-state index >= 15 is 0 Å². The third-order valence-corrected chi connectivity index (χ3v) is 5.93. The second-order valence-electron chi connectivity index (χ2n) is 6.79. The van der Waals surface area contributed by atoms with Crippen LogP contribution in [0.25, 0.3) is 11.1 Å². The lowest BCUT2D eigenvalue weighted by molar-refractivity contribution is 0.193. The van der Waals surface area contributed by atoms with Crippen molar-refractivity contribution in [2.45, 2.75) is 23.1 Å². The third-order valence-electron chi connectivity index (χ3n) is 4.92. The van der Waals surface area contributed by atoms with Gasteiger partial charge in [-0.2, -0.15) is 10.5 Å². The summed E-state index contributed by atoms with van der Waals surface area (Å²) in [7, 11) is 0. The van der Waals surface area contributed by atoms with Crippen LogP contribution in [0, 0.1) is 22.7 Å². The number of hydrogen-bond acceptors (Lipinski definition) is 8.